The highest BCUT2D eigenvalue weighted by Gasteiger charge is 2.50. The highest BCUT2D eigenvalue weighted by atomic mass is 19.4. The molecule has 0 bridgehead atoms. The lowest BCUT2D eigenvalue weighted by atomic mass is 9.80. The van der Waals surface area contributed by atoms with Crippen LogP contribution in [-0.4, -0.2) is 111 Å². The number of piperidine rings is 1. The molecule has 0 aromatic heterocycles. The lowest BCUT2D eigenvalue weighted by Crippen LogP contribution is -2.69. The van der Waals surface area contributed by atoms with E-state index in [1.54, 1.807) is 14.2 Å². The number of nitrogens with zero attached hydrogens (tertiary/aromatic N) is 3. The summed E-state index contributed by atoms with van der Waals surface area (Å²) >= 11 is 0. The maximum atomic E-state index is 13.2. The van der Waals surface area contributed by atoms with Crippen molar-refractivity contribution in [1.29, 1.82) is 5.41 Å². The lowest BCUT2D eigenvalue weighted by Gasteiger charge is -2.45. The first-order valence-electron chi connectivity index (χ1n) is 13.5. The van der Waals surface area contributed by atoms with Crippen LogP contribution >= 0.6 is 0 Å². The average Bonchev–Trinajstić information content (AvgIpc) is 3.38. The maximum Gasteiger partial charge on any atom is 0.405 e. The first-order chi connectivity index (χ1) is 17.2. The van der Waals surface area contributed by atoms with Crippen LogP contribution < -0.4 is 21.3 Å². The largest absolute Gasteiger partial charge is 0.405 e. The topological polar surface area (TPSA) is 90.9 Å². The van der Waals surface area contributed by atoms with Crippen LogP contribution in [0.25, 0.3) is 0 Å². The fourth-order valence-corrected chi connectivity index (χ4v) is 7.26. The standard InChI is InChI=1S/C24H43F3N8O/c1-33-13-18(24(25,26)27)31-20(33)15-8-6-14(7-9-15)12-35-21-17(34(2)23(35)28)11-30-19(32-21)16-5-4-10-29-22(16)36-3/h14-22,28-32H,4-13H2,1-3H3. The number of alkyl halides is 3. The van der Waals surface area contributed by atoms with Crippen LogP contribution in [0.1, 0.15) is 38.5 Å². The molecule has 4 heterocycles. The van der Waals surface area contributed by atoms with Crippen LogP contribution in [0.4, 0.5) is 13.2 Å². The Balaban J connectivity index is 1.18. The van der Waals surface area contributed by atoms with Gasteiger partial charge >= 0.3 is 6.18 Å². The summed E-state index contributed by atoms with van der Waals surface area (Å²) in [5.41, 5.74) is 0. The molecular formula is C24H43F3N8O. The first kappa shape index (κ1) is 26.4. The molecule has 0 spiro atoms. The van der Waals surface area contributed by atoms with Gasteiger partial charge in [-0.05, 0) is 64.0 Å². The van der Waals surface area contributed by atoms with E-state index in [4.69, 9.17) is 10.1 Å². The Kier molecular flexibility index (Phi) is 7.73. The summed E-state index contributed by atoms with van der Waals surface area (Å²) in [6.07, 6.45) is 1.82. The van der Waals surface area contributed by atoms with Crippen molar-refractivity contribution >= 4 is 5.96 Å². The molecule has 7 atom stereocenters. The minimum atomic E-state index is -4.20. The molecule has 1 aliphatic carbocycles. The minimum Gasteiger partial charge on any atom is -0.366 e. The summed E-state index contributed by atoms with van der Waals surface area (Å²) in [7, 11) is 5.55. The second-order valence-corrected chi connectivity index (χ2v) is 11.5. The van der Waals surface area contributed by atoms with E-state index in [2.05, 4.69) is 31.1 Å². The van der Waals surface area contributed by atoms with Gasteiger partial charge in [-0.3, -0.25) is 31.6 Å². The molecule has 5 rings (SSSR count). The number of guanidine groups is 1. The molecule has 206 valence electrons. The quantitative estimate of drug-likeness (QED) is 0.369. The van der Waals surface area contributed by atoms with Gasteiger partial charge in [0.2, 0.25) is 0 Å². The van der Waals surface area contributed by atoms with Gasteiger partial charge in [0.1, 0.15) is 18.4 Å². The van der Waals surface area contributed by atoms with E-state index < -0.39 is 12.2 Å². The highest BCUT2D eigenvalue weighted by Crippen LogP contribution is 2.37. The van der Waals surface area contributed by atoms with Gasteiger partial charge in [-0.15, -0.1) is 0 Å². The number of fused-ring (bicyclic) bond motifs is 1. The molecule has 0 aromatic carbocycles. The summed E-state index contributed by atoms with van der Waals surface area (Å²) in [5, 5.41) is 22.6. The molecule has 1 saturated carbocycles. The van der Waals surface area contributed by atoms with Crippen molar-refractivity contribution < 1.29 is 17.9 Å². The van der Waals surface area contributed by atoms with E-state index in [0.29, 0.717) is 17.8 Å². The number of hydrogen-bond acceptors (Lipinski definition) is 7. The number of nitrogens with one attached hydrogen (secondary N) is 5. The van der Waals surface area contributed by atoms with Crippen LogP contribution in [0.15, 0.2) is 0 Å². The Morgan fingerprint density at radius 3 is 2.44 bits per heavy atom. The van der Waals surface area contributed by atoms with Crippen molar-refractivity contribution in [3.63, 3.8) is 0 Å². The molecule has 4 saturated heterocycles. The van der Waals surface area contributed by atoms with E-state index >= 15 is 0 Å². The third-order valence-electron chi connectivity index (χ3n) is 9.34. The van der Waals surface area contributed by atoms with Gasteiger partial charge in [-0.1, -0.05) is 0 Å². The summed E-state index contributed by atoms with van der Waals surface area (Å²) in [4.78, 5) is 6.13. The molecule has 9 nitrogen and oxygen atoms in total. The zero-order valence-electron chi connectivity index (χ0n) is 21.7. The number of likely N-dealkylation sites (N-methyl/N-ethyl adjacent to an activating group) is 2. The Hall–Kier alpha value is -1.18. The maximum absolute atomic E-state index is 13.2. The monoisotopic (exact) mass is 516 g/mol. The average molecular weight is 517 g/mol. The zero-order chi connectivity index (χ0) is 25.6. The fourth-order valence-electron chi connectivity index (χ4n) is 7.26. The van der Waals surface area contributed by atoms with Gasteiger partial charge in [0.05, 0.1) is 18.4 Å². The molecule has 36 heavy (non-hydrogen) atoms. The predicted octanol–water partition coefficient (Wildman–Crippen LogP) is 0.953. The molecule has 0 radical (unpaired) electrons. The van der Waals surface area contributed by atoms with Crippen LogP contribution in [0.5, 0.6) is 0 Å². The van der Waals surface area contributed by atoms with Crippen molar-refractivity contribution in [2.75, 3.05) is 47.4 Å². The van der Waals surface area contributed by atoms with Crippen LogP contribution in [0, 0.1) is 23.2 Å². The van der Waals surface area contributed by atoms with Crippen molar-refractivity contribution in [2.24, 2.45) is 17.8 Å². The van der Waals surface area contributed by atoms with Crippen LogP contribution in [0.2, 0.25) is 0 Å². The van der Waals surface area contributed by atoms with Gasteiger partial charge in [-0.25, -0.2) is 0 Å². The van der Waals surface area contributed by atoms with Gasteiger partial charge in [0.15, 0.2) is 5.96 Å². The van der Waals surface area contributed by atoms with E-state index in [-0.39, 0.29) is 43.2 Å². The van der Waals surface area contributed by atoms with Crippen LogP contribution in [-0.2, 0) is 4.74 Å². The summed E-state index contributed by atoms with van der Waals surface area (Å²) in [5.74, 6) is 1.55. The highest BCUT2D eigenvalue weighted by molar-refractivity contribution is 5.80. The first-order valence-corrected chi connectivity index (χ1v) is 13.5. The summed E-state index contributed by atoms with van der Waals surface area (Å²) in [6.45, 7) is 2.62. The predicted molar refractivity (Wildman–Crippen MR) is 131 cm³/mol. The lowest BCUT2D eigenvalue weighted by molar-refractivity contribution is -0.150. The van der Waals surface area contributed by atoms with Gasteiger partial charge in [0.25, 0.3) is 0 Å². The molecule has 4 aliphatic heterocycles. The molecule has 5 fully saturated rings. The Morgan fingerprint density at radius 1 is 1.03 bits per heavy atom. The summed E-state index contributed by atoms with van der Waals surface area (Å²) < 4.78 is 45.4. The van der Waals surface area contributed by atoms with Gasteiger partial charge in [-0.2, -0.15) is 13.2 Å². The number of hydrogen-bond donors (Lipinski definition) is 5. The van der Waals surface area contributed by atoms with Crippen molar-refractivity contribution in [1.82, 2.24) is 36.0 Å². The van der Waals surface area contributed by atoms with Crippen molar-refractivity contribution in [3.05, 3.63) is 0 Å². The van der Waals surface area contributed by atoms with Gasteiger partial charge in [0, 0.05) is 39.7 Å². The molecule has 7 unspecified atom stereocenters. The van der Waals surface area contributed by atoms with Crippen LogP contribution in [0.3, 0.4) is 0 Å². The van der Waals surface area contributed by atoms with Gasteiger partial charge < -0.3 is 14.5 Å². The normalized spacial score (nSPS) is 42.7. The third-order valence-corrected chi connectivity index (χ3v) is 9.34. The van der Waals surface area contributed by atoms with Crippen molar-refractivity contribution in [3.8, 4) is 0 Å². The Bertz CT molecular complexity index is 779. The molecule has 0 amide bonds. The Labute approximate surface area is 212 Å². The number of halogens is 3. The van der Waals surface area contributed by atoms with E-state index in [0.717, 1.165) is 58.2 Å². The smallest absolute Gasteiger partial charge is 0.366 e. The van der Waals surface area contributed by atoms with Crippen molar-refractivity contribution in [2.45, 2.75) is 81.5 Å². The second-order valence-electron chi connectivity index (χ2n) is 11.5. The minimum absolute atomic E-state index is 0.0156. The second kappa shape index (κ2) is 10.5. The number of methoxy groups -OCH3 is 1. The SMILES string of the molecule is COC1NCCCC1C1NCC2C(N1)N(CC1CCC(C3NC(C(F)(F)F)CN3C)CC1)C(=N)N2C. The zero-order valence-corrected chi connectivity index (χ0v) is 21.7. The fraction of sp³-hybridized carbons (Fsp3) is 0.958. The molecule has 0 aromatic rings. The van der Waals surface area contributed by atoms with E-state index in [1.165, 1.54) is 0 Å². The Morgan fingerprint density at radius 2 is 1.78 bits per heavy atom. The molecule has 5 N–H and O–H groups in total. The summed E-state index contributed by atoms with van der Waals surface area (Å²) in [6, 6.07) is -1.24. The number of ether oxygens (including phenoxy) is 1. The number of rotatable bonds is 5. The molecular weight excluding hydrogens is 473 g/mol. The molecule has 12 heteroatoms. The third kappa shape index (κ3) is 5.09. The van der Waals surface area contributed by atoms with E-state index in [1.807, 2.05) is 11.9 Å². The van der Waals surface area contributed by atoms with E-state index in [9.17, 15) is 13.2 Å². The molecule has 5 aliphatic rings.